The quantitative estimate of drug-likeness (QED) is 0.215. The van der Waals surface area contributed by atoms with Crippen LogP contribution in [0.2, 0.25) is 0 Å². The highest BCUT2D eigenvalue weighted by atomic mass is 32.2. The average Bonchev–Trinajstić information content (AvgIpc) is 3.00. The number of thioether (sulfide) groups is 1. The van der Waals surface area contributed by atoms with Gasteiger partial charge in [-0.15, -0.1) is 11.8 Å². The van der Waals surface area contributed by atoms with Crippen LogP contribution >= 0.6 is 11.8 Å². The van der Waals surface area contributed by atoms with E-state index in [1.807, 2.05) is 0 Å². The summed E-state index contributed by atoms with van der Waals surface area (Å²) in [6, 6.07) is -2.42. The number of hydrogen-bond acceptors (Lipinski definition) is 9. The van der Waals surface area contributed by atoms with Gasteiger partial charge in [0.15, 0.2) is 0 Å². The lowest BCUT2D eigenvalue weighted by atomic mass is 10.0. The molecule has 7 N–H and O–H groups in total. The average molecular weight is 338 g/mol. The molecule has 1 aliphatic heterocycles. The summed E-state index contributed by atoms with van der Waals surface area (Å²) in [6.45, 7) is -0.835. The molecule has 0 aliphatic carbocycles. The highest BCUT2D eigenvalue weighted by Crippen LogP contribution is 2.19. The van der Waals surface area contributed by atoms with Crippen LogP contribution < -0.4 is 10.6 Å². The molecule has 1 aliphatic rings. The molecule has 0 bridgehead atoms. The van der Waals surface area contributed by atoms with E-state index in [0.29, 0.717) is 0 Å². The fourth-order valence-corrected chi connectivity index (χ4v) is 2.86. The molecule has 6 atom stereocenters. The standard InChI is InChI=1S/C11H18N2O8S/c14-1-4(7(17)8(18)6(16)2-15)12-9(19)10-13-5(3-22-10)11(20)21/h1,4-8,10,13,15-18H,2-3H2,(H,12,19)(H,20,21)/t4-,5-,6-,7+,8+,10?/m0/s1. The Kier molecular flexibility index (Phi) is 7.19. The number of carbonyl (C=O) groups excluding carboxylic acids is 2. The zero-order chi connectivity index (χ0) is 16.9. The van der Waals surface area contributed by atoms with E-state index in [1.165, 1.54) is 0 Å². The van der Waals surface area contributed by atoms with Gasteiger partial charge < -0.3 is 35.6 Å². The maximum atomic E-state index is 11.9. The molecule has 0 radical (unpaired) electrons. The summed E-state index contributed by atoms with van der Waals surface area (Å²) in [4.78, 5) is 33.6. The Hall–Kier alpha value is -1.24. The fraction of sp³-hybridized carbons (Fsp3) is 0.727. The highest BCUT2D eigenvalue weighted by molar-refractivity contribution is 8.00. The lowest BCUT2D eigenvalue weighted by Crippen LogP contribution is -2.56. The number of aliphatic hydroxyl groups is 4. The largest absolute Gasteiger partial charge is 0.480 e. The predicted molar refractivity (Wildman–Crippen MR) is 73.9 cm³/mol. The summed E-state index contributed by atoms with van der Waals surface area (Å²) in [5, 5.41) is 49.7. The normalized spacial score (nSPS) is 26.7. The minimum absolute atomic E-state index is 0.160. The predicted octanol–water partition coefficient (Wildman–Crippen LogP) is -4.14. The number of carboxylic acid groups (broad SMARTS) is 1. The van der Waals surface area contributed by atoms with E-state index in [9.17, 15) is 29.7 Å². The van der Waals surface area contributed by atoms with Crippen molar-refractivity contribution in [1.29, 1.82) is 0 Å². The van der Waals surface area contributed by atoms with Crippen LogP contribution in [0, 0.1) is 0 Å². The molecule has 1 heterocycles. The summed E-state index contributed by atoms with van der Waals surface area (Å²) < 4.78 is 0. The first-order valence-corrected chi connectivity index (χ1v) is 7.37. The van der Waals surface area contributed by atoms with Crippen LogP contribution in [0.4, 0.5) is 0 Å². The second-order valence-electron chi connectivity index (χ2n) is 4.67. The zero-order valence-electron chi connectivity index (χ0n) is 11.3. The maximum absolute atomic E-state index is 11.9. The van der Waals surface area contributed by atoms with Gasteiger partial charge in [0, 0.05) is 5.75 Å². The number of rotatable bonds is 8. The second kappa shape index (κ2) is 8.41. The first-order valence-electron chi connectivity index (χ1n) is 6.33. The monoisotopic (exact) mass is 338 g/mol. The van der Waals surface area contributed by atoms with Gasteiger partial charge >= 0.3 is 5.97 Å². The van der Waals surface area contributed by atoms with E-state index in [0.717, 1.165) is 11.8 Å². The third kappa shape index (κ3) is 4.63. The molecule has 1 saturated heterocycles. The second-order valence-corrected chi connectivity index (χ2v) is 5.81. The van der Waals surface area contributed by atoms with Crippen LogP contribution in [0.1, 0.15) is 0 Å². The van der Waals surface area contributed by atoms with Crippen molar-refractivity contribution in [3.05, 3.63) is 0 Å². The number of hydrogen-bond donors (Lipinski definition) is 7. The van der Waals surface area contributed by atoms with E-state index < -0.39 is 54.3 Å². The molecule has 1 amide bonds. The van der Waals surface area contributed by atoms with Gasteiger partial charge in [-0.2, -0.15) is 0 Å². The van der Waals surface area contributed by atoms with Gasteiger partial charge in [-0.3, -0.25) is 14.9 Å². The Labute approximate surface area is 129 Å². The van der Waals surface area contributed by atoms with Gasteiger partial charge in [-0.1, -0.05) is 0 Å². The van der Waals surface area contributed by atoms with Gasteiger partial charge in [-0.25, -0.2) is 0 Å². The molecule has 0 saturated carbocycles. The molecule has 0 aromatic carbocycles. The Morgan fingerprint density at radius 1 is 1.32 bits per heavy atom. The number of aliphatic carboxylic acids is 1. The molecule has 1 rings (SSSR count). The number of nitrogens with one attached hydrogen (secondary N) is 2. The molecular formula is C11H18N2O8S. The molecule has 11 heteroatoms. The van der Waals surface area contributed by atoms with Gasteiger partial charge in [0.1, 0.15) is 42.1 Å². The van der Waals surface area contributed by atoms with Crippen molar-refractivity contribution in [1.82, 2.24) is 10.6 Å². The van der Waals surface area contributed by atoms with Crippen LogP contribution in [0.15, 0.2) is 0 Å². The number of aldehydes is 1. The third-order valence-corrected chi connectivity index (χ3v) is 4.28. The van der Waals surface area contributed by atoms with Crippen LogP contribution in [0.3, 0.4) is 0 Å². The van der Waals surface area contributed by atoms with Crippen LogP contribution in [-0.4, -0.2) is 91.8 Å². The van der Waals surface area contributed by atoms with E-state index in [1.54, 1.807) is 0 Å². The van der Waals surface area contributed by atoms with E-state index >= 15 is 0 Å². The minimum atomic E-state index is -1.84. The van der Waals surface area contributed by atoms with Crippen molar-refractivity contribution in [2.24, 2.45) is 0 Å². The van der Waals surface area contributed by atoms with E-state index in [2.05, 4.69) is 10.6 Å². The van der Waals surface area contributed by atoms with Crippen LogP contribution in [0.25, 0.3) is 0 Å². The molecule has 126 valence electrons. The summed E-state index contributed by atoms with van der Waals surface area (Å²) in [7, 11) is 0. The molecule has 1 unspecified atom stereocenters. The first-order chi connectivity index (χ1) is 10.3. The summed E-state index contributed by atoms with van der Waals surface area (Å²) >= 11 is 1.02. The summed E-state index contributed by atoms with van der Waals surface area (Å²) in [5.41, 5.74) is 0. The van der Waals surface area contributed by atoms with Crippen molar-refractivity contribution in [3.8, 4) is 0 Å². The Morgan fingerprint density at radius 2 is 1.95 bits per heavy atom. The molecule has 10 nitrogen and oxygen atoms in total. The van der Waals surface area contributed by atoms with Gasteiger partial charge in [0.25, 0.3) is 0 Å². The third-order valence-electron chi connectivity index (χ3n) is 3.07. The molecule has 0 aromatic rings. The van der Waals surface area contributed by atoms with Gasteiger partial charge in [0.05, 0.1) is 6.61 Å². The highest BCUT2D eigenvalue weighted by Gasteiger charge is 2.37. The lowest BCUT2D eigenvalue weighted by molar-refractivity contribution is -0.139. The maximum Gasteiger partial charge on any atom is 0.321 e. The van der Waals surface area contributed by atoms with Crippen LogP contribution in [0.5, 0.6) is 0 Å². The zero-order valence-corrected chi connectivity index (χ0v) is 12.1. The molecule has 0 spiro atoms. The number of aliphatic hydroxyl groups excluding tert-OH is 4. The number of amides is 1. The van der Waals surface area contributed by atoms with Crippen molar-refractivity contribution in [3.63, 3.8) is 0 Å². The molecule has 1 fully saturated rings. The number of carbonyl (C=O) groups is 3. The smallest absolute Gasteiger partial charge is 0.321 e. The minimum Gasteiger partial charge on any atom is -0.480 e. The van der Waals surface area contributed by atoms with Crippen molar-refractivity contribution in [2.75, 3.05) is 12.4 Å². The fourth-order valence-electron chi connectivity index (χ4n) is 1.75. The van der Waals surface area contributed by atoms with Crippen LogP contribution in [-0.2, 0) is 14.4 Å². The van der Waals surface area contributed by atoms with Gasteiger partial charge in [0.2, 0.25) is 5.91 Å². The Morgan fingerprint density at radius 3 is 2.41 bits per heavy atom. The number of carboxylic acids is 1. The van der Waals surface area contributed by atoms with E-state index in [-0.39, 0.29) is 12.0 Å². The van der Waals surface area contributed by atoms with Crippen molar-refractivity contribution < 1.29 is 39.9 Å². The van der Waals surface area contributed by atoms with Gasteiger partial charge in [-0.05, 0) is 0 Å². The first kappa shape index (κ1) is 18.8. The van der Waals surface area contributed by atoms with Crippen molar-refractivity contribution in [2.45, 2.75) is 35.8 Å². The molecule has 0 aromatic heterocycles. The SMILES string of the molecule is O=C[C@H](NC(=O)C1N[C@H](C(=O)O)CS1)[C@@H](O)[C@H](O)[C@@H](O)CO. The lowest BCUT2D eigenvalue weighted by Gasteiger charge is -2.26. The molecule has 22 heavy (non-hydrogen) atoms. The summed E-state index contributed by atoms with van der Waals surface area (Å²) in [5.74, 6) is -1.69. The Balaban J connectivity index is 2.60. The van der Waals surface area contributed by atoms with E-state index in [4.69, 9.17) is 10.2 Å². The topological polar surface area (TPSA) is 176 Å². The van der Waals surface area contributed by atoms with Crippen molar-refractivity contribution >= 4 is 29.9 Å². The molecular weight excluding hydrogens is 320 g/mol. The Bertz CT molecular complexity index is 423. The summed E-state index contributed by atoms with van der Waals surface area (Å²) in [6.07, 6.45) is -5.17.